The van der Waals surface area contributed by atoms with Crippen molar-refractivity contribution in [2.24, 2.45) is 0 Å². The van der Waals surface area contributed by atoms with Gasteiger partial charge in [0.25, 0.3) is 0 Å². The zero-order valence-corrected chi connectivity index (χ0v) is 7.98. The average molecular weight is 190 g/mol. The maximum Gasteiger partial charge on any atom is 0.115 e. The highest BCUT2D eigenvalue weighted by atomic mass is 16.3. The summed E-state index contributed by atoms with van der Waals surface area (Å²) >= 11 is 0. The third-order valence-corrected chi connectivity index (χ3v) is 2.75. The molecule has 0 radical (unpaired) electrons. The number of phenols is 1. The van der Waals surface area contributed by atoms with Gasteiger partial charge in [-0.2, -0.15) is 0 Å². The van der Waals surface area contributed by atoms with Gasteiger partial charge in [-0.25, -0.2) is 0 Å². The van der Waals surface area contributed by atoms with Crippen molar-refractivity contribution in [2.45, 2.75) is 24.9 Å². The third kappa shape index (κ3) is 1.66. The number of hydrogen-bond acceptors (Lipinski definition) is 2. The van der Waals surface area contributed by atoms with Crippen molar-refractivity contribution in [3.8, 4) is 5.75 Å². The maximum atomic E-state index is 10.3. The first-order valence-corrected chi connectivity index (χ1v) is 4.88. The highest BCUT2D eigenvalue weighted by molar-refractivity contribution is 5.31. The van der Waals surface area contributed by atoms with Crippen LogP contribution in [-0.2, 0) is 5.60 Å². The van der Waals surface area contributed by atoms with Crippen LogP contribution >= 0.6 is 0 Å². The van der Waals surface area contributed by atoms with E-state index in [4.69, 9.17) is 5.11 Å². The number of allylic oxidation sites excluding steroid dienone is 1. The van der Waals surface area contributed by atoms with E-state index in [1.165, 1.54) is 0 Å². The van der Waals surface area contributed by atoms with Crippen molar-refractivity contribution in [1.82, 2.24) is 0 Å². The molecule has 0 aromatic heterocycles. The highest BCUT2D eigenvalue weighted by Gasteiger charge is 2.28. The van der Waals surface area contributed by atoms with E-state index in [1.807, 2.05) is 6.08 Å². The first-order valence-electron chi connectivity index (χ1n) is 4.88. The minimum absolute atomic E-state index is 0.240. The number of benzene rings is 1. The Morgan fingerprint density at radius 2 is 1.79 bits per heavy atom. The quantitative estimate of drug-likeness (QED) is 0.667. The highest BCUT2D eigenvalue weighted by Crippen LogP contribution is 2.34. The van der Waals surface area contributed by atoms with Gasteiger partial charge in [0.05, 0.1) is 5.60 Å². The first-order chi connectivity index (χ1) is 6.71. The molecule has 0 aliphatic heterocycles. The second-order valence-corrected chi connectivity index (χ2v) is 3.79. The van der Waals surface area contributed by atoms with Gasteiger partial charge in [-0.3, -0.25) is 0 Å². The molecule has 0 heterocycles. The molecule has 0 saturated heterocycles. The van der Waals surface area contributed by atoms with Crippen LogP contribution in [0.1, 0.15) is 24.8 Å². The zero-order valence-electron chi connectivity index (χ0n) is 7.98. The number of rotatable bonds is 1. The predicted molar refractivity (Wildman–Crippen MR) is 55.0 cm³/mol. The molecule has 0 bridgehead atoms. The van der Waals surface area contributed by atoms with E-state index < -0.39 is 5.60 Å². The molecule has 74 valence electrons. The Bertz CT molecular complexity index is 340. The van der Waals surface area contributed by atoms with Crippen LogP contribution in [0, 0.1) is 0 Å². The molecule has 1 unspecified atom stereocenters. The molecule has 1 aliphatic carbocycles. The van der Waals surface area contributed by atoms with Crippen LogP contribution in [0.3, 0.4) is 0 Å². The van der Waals surface area contributed by atoms with Crippen molar-refractivity contribution in [3.63, 3.8) is 0 Å². The van der Waals surface area contributed by atoms with Crippen molar-refractivity contribution < 1.29 is 10.2 Å². The molecule has 2 rings (SSSR count). The Morgan fingerprint density at radius 3 is 2.36 bits per heavy atom. The lowest BCUT2D eigenvalue weighted by atomic mass is 9.83. The molecule has 0 amide bonds. The molecule has 0 spiro atoms. The van der Waals surface area contributed by atoms with Crippen molar-refractivity contribution in [2.75, 3.05) is 0 Å². The number of hydrogen-bond donors (Lipinski definition) is 2. The second-order valence-electron chi connectivity index (χ2n) is 3.79. The Hall–Kier alpha value is -1.28. The van der Waals surface area contributed by atoms with Crippen LogP contribution in [0.4, 0.5) is 0 Å². The van der Waals surface area contributed by atoms with Gasteiger partial charge in [0.1, 0.15) is 5.75 Å². The fourth-order valence-corrected chi connectivity index (χ4v) is 1.85. The van der Waals surface area contributed by atoms with Crippen molar-refractivity contribution in [1.29, 1.82) is 0 Å². The van der Waals surface area contributed by atoms with E-state index in [9.17, 15) is 5.11 Å². The Morgan fingerprint density at radius 1 is 1.07 bits per heavy atom. The van der Waals surface area contributed by atoms with Crippen LogP contribution in [-0.4, -0.2) is 10.2 Å². The lowest BCUT2D eigenvalue weighted by Gasteiger charge is -2.29. The molecular formula is C12H14O2. The third-order valence-electron chi connectivity index (χ3n) is 2.75. The topological polar surface area (TPSA) is 40.5 Å². The molecule has 0 fully saturated rings. The summed E-state index contributed by atoms with van der Waals surface area (Å²) < 4.78 is 0. The SMILES string of the molecule is Oc1ccc(C2(O)CC=CCC2)cc1. The van der Waals surface area contributed by atoms with E-state index in [1.54, 1.807) is 24.3 Å². The molecule has 1 aliphatic rings. The van der Waals surface area contributed by atoms with Gasteiger partial charge >= 0.3 is 0 Å². The monoisotopic (exact) mass is 190 g/mol. The molecule has 1 atom stereocenters. The van der Waals surface area contributed by atoms with E-state index in [2.05, 4.69) is 6.08 Å². The number of aliphatic hydroxyl groups is 1. The lowest BCUT2D eigenvalue weighted by molar-refractivity contribution is 0.0274. The Balaban J connectivity index is 2.29. The standard InChI is InChI=1S/C12H14O2/c13-11-6-4-10(5-7-11)12(14)8-2-1-3-9-12/h1-2,4-7,13-14H,3,8-9H2. The van der Waals surface area contributed by atoms with Gasteiger partial charge in [0.2, 0.25) is 0 Å². The van der Waals surface area contributed by atoms with Crippen LogP contribution in [0.25, 0.3) is 0 Å². The second kappa shape index (κ2) is 3.46. The van der Waals surface area contributed by atoms with Gasteiger partial charge in [-0.15, -0.1) is 0 Å². The van der Waals surface area contributed by atoms with Gasteiger partial charge in [0, 0.05) is 0 Å². The van der Waals surface area contributed by atoms with Crippen LogP contribution in [0.5, 0.6) is 5.75 Å². The van der Waals surface area contributed by atoms with E-state index in [0.717, 1.165) is 18.4 Å². The van der Waals surface area contributed by atoms with E-state index in [0.29, 0.717) is 6.42 Å². The molecule has 2 N–H and O–H groups in total. The largest absolute Gasteiger partial charge is 0.508 e. The summed E-state index contributed by atoms with van der Waals surface area (Å²) in [6.07, 6.45) is 6.44. The molecule has 14 heavy (non-hydrogen) atoms. The molecular weight excluding hydrogens is 176 g/mol. The summed E-state index contributed by atoms with van der Waals surface area (Å²) in [6, 6.07) is 6.81. The summed E-state index contributed by atoms with van der Waals surface area (Å²) in [5, 5.41) is 19.4. The number of phenolic OH excluding ortho intramolecular Hbond substituents is 1. The molecule has 2 heteroatoms. The van der Waals surface area contributed by atoms with Gasteiger partial charge in [-0.1, -0.05) is 24.3 Å². The maximum absolute atomic E-state index is 10.3. The van der Waals surface area contributed by atoms with Gasteiger partial charge in [-0.05, 0) is 37.0 Å². The summed E-state index contributed by atoms with van der Waals surface area (Å²) in [5.74, 6) is 0.240. The molecule has 1 aromatic rings. The summed E-state index contributed by atoms with van der Waals surface area (Å²) in [6.45, 7) is 0. The van der Waals surface area contributed by atoms with Crippen LogP contribution < -0.4 is 0 Å². The fraction of sp³-hybridized carbons (Fsp3) is 0.333. The normalized spacial score (nSPS) is 26.4. The zero-order chi connectivity index (χ0) is 10.0. The minimum atomic E-state index is -0.734. The van der Waals surface area contributed by atoms with Crippen LogP contribution in [0.15, 0.2) is 36.4 Å². The van der Waals surface area contributed by atoms with Gasteiger partial charge in [0.15, 0.2) is 0 Å². The molecule has 2 nitrogen and oxygen atoms in total. The smallest absolute Gasteiger partial charge is 0.115 e. The summed E-state index contributed by atoms with van der Waals surface area (Å²) in [4.78, 5) is 0. The number of aromatic hydroxyl groups is 1. The lowest BCUT2D eigenvalue weighted by Crippen LogP contribution is -2.26. The van der Waals surface area contributed by atoms with Gasteiger partial charge < -0.3 is 10.2 Å². The predicted octanol–water partition coefficient (Wildman–Crippen LogP) is 2.32. The summed E-state index contributed by atoms with van der Waals surface area (Å²) in [7, 11) is 0. The average Bonchev–Trinajstić information content (AvgIpc) is 2.19. The minimum Gasteiger partial charge on any atom is -0.508 e. The van der Waals surface area contributed by atoms with E-state index in [-0.39, 0.29) is 5.75 Å². The fourth-order valence-electron chi connectivity index (χ4n) is 1.85. The van der Waals surface area contributed by atoms with Crippen LogP contribution in [0.2, 0.25) is 0 Å². The molecule has 1 aromatic carbocycles. The van der Waals surface area contributed by atoms with Crippen molar-refractivity contribution >= 4 is 0 Å². The van der Waals surface area contributed by atoms with Crippen molar-refractivity contribution in [3.05, 3.63) is 42.0 Å². The summed E-state index contributed by atoms with van der Waals surface area (Å²) in [5.41, 5.74) is 0.155. The van der Waals surface area contributed by atoms with E-state index >= 15 is 0 Å². The Kier molecular flexibility index (Phi) is 2.30. The molecule has 0 saturated carbocycles. The first kappa shape index (κ1) is 9.28. The Labute approximate surface area is 83.5 Å².